The summed E-state index contributed by atoms with van der Waals surface area (Å²) in [5.41, 5.74) is 0. The Morgan fingerprint density at radius 2 is 1.41 bits per heavy atom. The molecule has 0 aromatic carbocycles. The van der Waals surface area contributed by atoms with Gasteiger partial charge in [0.05, 0.1) is 6.61 Å². The van der Waals surface area contributed by atoms with Crippen LogP contribution in [0.25, 0.3) is 0 Å². The molecular formula is C18H33NaO7S. The van der Waals surface area contributed by atoms with Crippen molar-refractivity contribution in [3.8, 4) is 0 Å². The van der Waals surface area contributed by atoms with E-state index in [2.05, 4.69) is 6.92 Å². The number of carboxylic acid groups (broad SMARTS) is 1. The summed E-state index contributed by atoms with van der Waals surface area (Å²) >= 11 is 0. The van der Waals surface area contributed by atoms with Gasteiger partial charge in [-0.3, -0.25) is 9.35 Å². The molecule has 0 aliphatic rings. The number of esters is 1. The van der Waals surface area contributed by atoms with Crippen LogP contribution in [0.5, 0.6) is 0 Å². The minimum Gasteiger partial charge on any atom is -0.550 e. The second-order valence-corrected chi connectivity index (χ2v) is 8.46. The van der Waals surface area contributed by atoms with E-state index in [1.807, 2.05) is 6.92 Å². The molecule has 27 heavy (non-hydrogen) atoms. The van der Waals surface area contributed by atoms with Crippen molar-refractivity contribution >= 4 is 22.1 Å². The Hall–Kier alpha value is -0.150. The number of carbonyl (C=O) groups is 2. The summed E-state index contributed by atoms with van der Waals surface area (Å²) in [6.07, 6.45) is 6.84. The molecule has 0 spiro atoms. The average molecular weight is 417 g/mol. The smallest absolute Gasteiger partial charge is 0.550 e. The summed E-state index contributed by atoms with van der Waals surface area (Å²) < 4.78 is 35.9. The fourth-order valence-corrected chi connectivity index (χ4v) is 3.81. The monoisotopic (exact) mass is 416 g/mol. The molecule has 0 fully saturated rings. The average Bonchev–Trinajstić information content (AvgIpc) is 2.55. The van der Waals surface area contributed by atoms with Gasteiger partial charge in [0, 0.05) is 12.4 Å². The number of hydrogen-bond donors (Lipinski definition) is 1. The molecule has 0 saturated carbocycles. The Labute approximate surface area is 185 Å². The molecule has 1 unspecified atom stereocenters. The molecule has 0 heterocycles. The van der Waals surface area contributed by atoms with Crippen LogP contribution >= 0.6 is 0 Å². The van der Waals surface area contributed by atoms with Gasteiger partial charge in [0.15, 0.2) is 4.75 Å². The Morgan fingerprint density at radius 1 is 0.926 bits per heavy atom. The maximum absolute atomic E-state index is 12.4. The first-order chi connectivity index (χ1) is 12.2. The zero-order valence-corrected chi connectivity index (χ0v) is 19.8. The summed E-state index contributed by atoms with van der Waals surface area (Å²) in [5.74, 6) is -2.91. The standard InChI is InChI=1S/C18H34O7S.Na/c1-3-5-7-9-11-13-18(15-16(19)20,26(22,23)24)17(21)25-14-12-10-8-6-4-2;/h3-15H2,1-2H3,(H,19,20)(H,22,23,24);/q;+1/p-1. The van der Waals surface area contributed by atoms with Crippen molar-refractivity contribution < 1.29 is 62.0 Å². The molecule has 0 aliphatic heterocycles. The Bertz CT molecular complexity index is 522. The third kappa shape index (κ3) is 11.4. The Kier molecular flexibility index (Phi) is 16.9. The van der Waals surface area contributed by atoms with Crippen molar-refractivity contribution in [2.24, 2.45) is 0 Å². The van der Waals surface area contributed by atoms with Crippen molar-refractivity contribution in [2.75, 3.05) is 6.61 Å². The van der Waals surface area contributed by atoms with E-state index < -0.39 is 33.2 Å². The van der Waals surface area contributed by atoms with Gasteiger partial charge in [-0.1, -0.05) is 71.6 Å². The summed E-state index contributed by atoms with van der Waals surface area (Å²) in [5, 5.41) is 11.1. The van der Waals surface area contributed by atoms with Crippen LogP contribution in [-0.2, 0) is 24.4 Å². The van der Waals surface area contributed by atoms with Gasteiger partial charge in [0.25, 0.3) is 10.1 Å². The quantitative estimate of drug-likeness (QED) is 0.158. The maximum Gasteiger partial charge on any atom is 1.00 e. The van der Waals surface area contributed by atoms with Crippen molar-refractivity contribution in [1.82, 2.24) is 0 Å². The van der Waals surface area contributed by atoms with Crippen LogP contribution in [0.1, 0.15) is 90.9 Å². The van der Waals surface area contributed by atoms with Gasteiger partial charge in [-0.2, -0.15) is 8.42 Å². The van der Waals surface area contributed by atoms with Crippen molar-refractivity contribution in [3.05, 3.63) is 0 Å². The van der Waals surface area contributed by atoms with Crippen LogP contribution in [0.2, 0.25) is 0 Å². The molecule has 0 amide bonds. The molecular weight excluding hydrogens is 383 g/mol. The topological polar surface area (TPSA) is 121 Å². The molecule has 0 aromatic rings. The minimum absolute atomic E-state index is 0. The van der Waals surface area contributed by atoms with Crippen LogP contribution in [0.3, 0.4) is 0 Å². The van der Waals surface area contributed by atoms with E-state index in [0.717, 1.165) is 44.9 Å². The van der Waals surface area contributed by atoms with Gasteiger partial charge >= 0.3 is 35.5 Å². The maximum atomic E-state index is 12.4. The molecule has 154 valence electrons. The first kappa shape index (κ1) is 29.1. The van der Waals surface area contributed by atoms with Crippen molar-refractivity contribution in [2.45, 2.75) is 95.6 Å². The molecule has 7 nitrogen and oxygen atoms in total. The zero-order valence-electron chi connectivity index (χ0n) is 17.0. The zero-order chi connectivity index (χ0) is 20.1. The van der Waals surface area contributed by atoms with Crippen LogP contribution in [0.4, 0.5) is 0 Å². The molecule has 1 atom stereocenters. The SMILES string of the molecule is CCCCCCCOC(=O)C(CCCCCCC)(CC(=O)[O-])S(=O)(=O)O.[Na+]. The number of carboxylic acids is 1. The molecule has 0 aliphatic carbocycles. The Balaban J connectivity index is 0. The predicted octanol–water partition coefficient (Wildman–Crippen LogP) is -0.369. The number of hydrogen-bond acceptors (Lipinski definition) is 6. The molecule has 0 aromatic heterocycles. The van der Waals surface area contributed by atoms with Gasteiger partial charge < -0.3 is 14.6 Å². The molecule has 1 N–H and O–H groups in total. The normalized spacial score (nSPS) is 13.4. The largest absolute Gasteiger partial charge is 1.00 e. The Morgan fingerprint density at radius 3 is 1.85 bits per heavy atom. The third-order valence-electron chi connectivity index (χ3n) is 4.46. The van der Waals surface area contributed by atoms with Gasteiger partial charge in [-0.05, 0) is 12.8 Å². The van der Waals surface area contributed by atoms with Crippen molar-refractivity contribution in [1.29, 1.82) is 0 Å². The van der Waals surface area contributed by atoms with Crippen LogP contribution in [0.15, 0.2) is 0 Å². The minimum atomic E-state index is -4.96. The molecule has 0 saturated heterocycles. The molecule has 0 bridgehead atoms. The fraction of sp³-hybridized carbons (Fsp3) is 0.889. The van der Waals surface area contributed by atoms with Gasteiger partial charge in [0.2, 0.25) is 0 Å². The number of ether oxygens (including phenoxy) is 1. The van der Waals surface area contributed by atoms with Crippen LogP contribution in [0, 0.1) is 0 Å². The summed E-state index contributed by atoms with van der Waals surface area (Å²) in [6.45, 7) is 4.10. The van der Waals surface area contributed by atoms with E-state index in [-0.39, 0.29) is 42.6 Å². The molecule has 0 radical (unpaired) electrons. The first-order valence-corrected chi connectivity index (χ1v) is 11.0. The molecule has 9 heteroatoms. The summed E-state index contributed by atoms with van der Waals surface area (Å²) in [6, 6.07) is 0. The summed E-state index contributed by atoms with van der Waals surface area (Å²) in [4.78, 5) is 23.5. The second kappa shape index (κ2) is 15.7. The van der Waals surface area contributed by atoms with Crippen molar-refractivity contribution in [3.63, 3.8) is 0 Å². The van der Waals surface area contributed by atoms with E-state index in [0.29, 0.717) is 19.3 Å². The molecule has 0 rings (SSSR count). The van der Waals surface area contributed by atoms with E-state index in [1.54, 1.807) is 0 Å². The van der Waals surface area contributed by atoms with E-state index >= 15 is 0 Å². The van der Waals surface area contributed by atoms with E-state index in [4.69, 9.17) is 4.74 Å². The third-order valence-corrected chi connectivity index (χ3v) is 5.96. The fourth-order valence-electron chi connectivity index (χ4n) is 2.84. The number of carbonyl (C=O) groups excluding carboxylic acids is 2. The van der Waals surface area contributed by atoms with Crippen LogP contribution < -0.4 is 34.7 Å². The van der Waals surface area contributed by atoms with Gasteiger partial charge in [-0.25, -0.2) is 0 Å². The van der Waals surface area contributed by atoms with E-state index in [1.165, 1.54) is 0 Å². The second-order valence-electron chi connectivity index (χ2n) is 6.73. The first-order valence-electron chi connectivity index (χ1n) is 9.55. The number of aliphatic carboxylic acids is 1. The van der Waals surface area contributed by atoms with Crippen LogP contribution in [-0.4, -0.2) is 36.3 Å². The predicted molar refractivity (Wildman–Crippen MR) is 97.0 cm³/mol. The van der Waals surface area contributed by atoms with Gasteiger partial charge in [-0.15, -0.1) is 0 Å². The van der Waals surface area contributed by atoms with E-state index in [9.17, 15) is 27.7 Å². The number of unbranched alkanes of at least 4 members (excludes halogenated alkanes) is 8. The number of rotatable bonds is 16. The van der Waals surface area contributed by atoms with Gasteiger partial charge in [0.1, 0.15) is 0 Å². The summed E-state index contributed by atoms with van der Waals surface area (Å²) in [7, 11) is -4.96.